The number of hydrogen-bond acceptors (Lipinski definition) is 4. The first-order valence-corrected chi connectivity index (χ1v) is 5.59. The van der Waals surface area contributed by atoms with Crippen molar-refractivity contribution in [3.63, 3.8) is 0 Å². The molecule has 0 fully saturated rings. The second-order valence-electron chi connectivity index (χ2n) is 3.58. The molecule has 1 rings (SSSR count). The molecule has 0 spiro atoms. The van der Waals surface area contributed by atoms with Crippen LogP contribution in [0.2, 0.25) is 0 Å². The molecule has 0 saturated carbocycles. The molecule has 0 heterocycles. The number of ether oxygens (including phenoxy) is 1. The van der Waals surface area contributed by atoms with Crippen molar-refractivity contribution in [1.29, 1.82) is 0 Å². The minimum Gasteiger partial charge on any atom is -0.399 e. The van der Waals surface area contributed by atoms with E-state index in [0.717, 1.165) is 5.69 Å². The van der Waals surface area contributed by atoms with Crippen LogP contribution in [-0.4, -0.2) is 32.7 Å². The third-order valence-electron chi connectivity index (χ3n) is 2.25. The third kappa shape index (κ3) is 3.96. The fourth-order valence-electron chi connectivity index (χ4n) is 1.45. The number of rotatable bonds is 6. The van der Waals surface area contributed by atoms with Crippen molar-refractivity contribution in [1.82, 2.24) is 5.32 Å². The van der Waals surface area contributed by atoms with Crippen LogP contribution in [-0.2, 0) is 4.74 Å². The minimum atomic E-state index is -0.104. The molecular weight excluding hydrogens is 218 g/mol. The van der Waals surface area contributed by atoms with E-state index in [1.54, 1.807) is 25.3 Å². The molecular formula is C12H19N3O2. The van der Waals surface area contributed by atoms with Crippen molar-refractivity contribution in [2.75, 3.05) is 37.9 Å². The smallest absolute Gasteiger partial charge is 0.253 e. The standard InChI is InChI=1S/C12H19N3O2/c1-3-14-12(16)10-5-4-9(13)8-11(10)15-6-7-17-2/h4-5,8,15H,3,6-7,13H2,1-2H3,(H,14,16). The van der Waals surface area contributed by atoms with E-state index in [2.05, 4.69) is 10.6 Å². The Bertz CT molecular complexity index is 380. The summed E-state index contributed by atoms with van der Waals surface area (Å²) in [6, 6.07) is 5.18. The van der Waals surface area contributed by atoms with Gasteiger partial charge in [0.15, 0.2) is 0 Å². The van der Waals surface area contributed by atoms with E-state index < -0.39 is 0 Å². The van der Waals surface area contributed by atoms with E-state index in [4.69, 9.17) is 10.5 Å². The zero-order valence-corrected chi connectivity index (χ0v) is 10.2. The number of benzene rings is 1. The Morgan fingerprint density at radius 2 is 2.24 bits per heavy atom. The summed E-state index contributed by atoms with van der Waals surface area (Å²) in [5.41, 5.74) is 7.65. The van der Waals surface area contributed by atoms with E-state index in [-0.39, 0.29) is 5.91 Å². The summed E-state index contributed by atoms with van der Waals surface area (Å²) >= 11 is 0. The van der Waals surface area contributed by atoms with Crippen molar-refractivity contribution >= 4 is 17.3 Å². The molecule has 0 bridgehead atoms. The van der Waals surface area contributed by atoms with Crippen LogP contribution in [0.4, 0.5) is 11.4 Å². The van der Waals surface area contributed by atoms with Crippen molar-refractivity contribution < 1.29 is 9.53 Å². The molecule has 17 heavy (non-hydrogen) atoms. The normalized spacial score (nSPS) is 10.0. The highest BCUT2D eigenvalue weighted by Crippen LogP contribution is 2.19. The molecule has 4 N–H and O–H groups in total. The first-order chi connectivity index (χ1) is 8.19. The topological polar surface area (TPSA) is 76.4 Å². The second kappa shape index (κ2) is 6.75. The van der Waals surface area contributed by atoms with Crippen molar-refractivity contribution in [3.8, 4) is 0 Å². The number of methoxy groups -OCH3 is 1. The van der Waals surface area contributed by atoms with Crippen LogP contribution in [0.3, 0.4) is 0 Å². The van der Waals surface area contributed by atoms with Crippen molar-refractivity contribution in [2.24, 2.45) is 0 Å². The zero-order valence-electron chi connectivity index (χ0n) is 10.2. The molecule has 0 aliphatic heterocycles. The summed E-state index contributed by atoms with van der Waals surface area (Å²) in [5.74, 6) is -0.104. The number of hydrogen-bond donors (Lipinski definition) is 3. The van der Waals surface area contributed by atoms with Gasteiger partial charge in [0.2, 0.25) is 0 Å². The van der Waals surface area contributed by atoms with Gasteiger partial charge in [-0.3, -0.25) is 4.79 Å². The van der Waals surface area contributed by atoms with Gasteiger partial charge in [-0.05, 0) is 25.1 Å². The average molecular weight is 237 g/mol. The van der Waals surface area contributed by atoms with Gasteiger partial charge < -0.3 is 21.1 Å². The molecule has 0 atom stereocenters. The van der Waals surface area contributed by atoms with E-state index in [0.29, 0.717) is 30.9 Å². The molecule has 1 aromatic rings. The van der Waals surface area contributed by atoms with Gasteiger partial charge in [-0.25, -0.2) is 0 Å². The predicted molar refractivity (Wildman–Crippen MR) is 69.2 cm³/mol. The quantitative estimate of drug-likeness (QED) is 0.511. The molecule has 0 aromatic heterocycles. The number of nitrogen functional groups attached to an aromatic ring is 1. The lowest BCUT2D eigenvalue weighted by Crippen LogP contribution is -2.24. The monoisotopic (exact) mass is 237 g/mol. The van der Waals surface area contributed by atoms with Gasteiger partial charge in [0.05, 0.1) is 12.2 Å². The van der Waals surface area contributed by atoms with Crippen LogP contribution < -0.4 is 16.4 Å². The van der Waals surface area contributed by atoms with Gasteiger partial charge in [-0.1, -0.05) is 0 Å². The number of amides is 1. The number of nitrogens with one attached hydrogen (secondary N) is 2. The largest absolute Gasteiger partial charge is 0.399 e. The zero-order chi connectivity index (χ0) is 12.7. The Kier molecular flexibility index (Phi) is 5.29. The molecule has 94 valence electrons. The molecule has 1 aromatic carbocycles. The lowest BCUT2D eigenvalue weighted by Gasteiger charge is -2.12. The highest BCUT2D eigenvalue weighted by molar-refractivity contribution is 6.00. The Balaban J connectivity index is 2.83. The van der Waals surface area contributed by atoms with Gasteiger partial charge in [-0.2, -0.15) is 0 Å². The van der Waals surface area contributed by atoms with Gasteiger partial charge in [-0.15, -0.1) is 0 Å². The molecule has 0 unspecified atom stereocenters. The maximum atomic E-state index is 11.8. The third-order valence-corrected chi connectivity index (χ3v) is 2.25. The summed E-state index contributed by atoms with van der Waals surface area (Å²) in [6.07, 6.45) is 0. The van der Waals surface area contributed by atoms with Crippen LogP contribution in [0.25, 0.3) is 0 Å². The SMILES string of the molecule is CCNC(=O)c1ccc(N)cc1NCCOC. The van der Waals surface area contributed by atoms with Crippen molar-refractivity contribution in [3.05, 3.63) is 23.8 Å². The Labute approximate surface area is 101 Å². The second-order valence-corrected chi connectivity index (χ2v) is 3.58. The minimum absolute atomic E-state index is 0.104. The van der Waals surface area contributed by atoms with Crippen LogP contribution in [0, 0.1) is 0 Å². The summed E-state index contributed by atoms with van der Waals surface area (Å²) in [7, 11) is 1.63. The molecule has 0 aliphatic rings. The van der Waals surface area contributed by atoms with Crippen LogP contribution in [0.15, 0.2) is 18.2 Å². The van der Waals surface area contributed by atoms with Crippen LogP contribution >= 0.6 is 0 Å². The number of carbonyl (C=O) groups excluding carboxylic acids is 1. The van der Waals surface area contributed by atoms with Gasteiger partial charge in [0.1, 0.15) is 0 Å². The average Bonchev–Trinajstić information content (AvgIpc) is 2.30. The van der Waals surface area contributed by atoms with Crippen molar-refractivity contribution in [2.45, 2.75) is 6.92 Å². The highest BCUT2D eigenvalue weighted by atomic mass is 16.5. The Hall–Kier alpha value is -1.75. The fourth-order valence-corrected chi connectivity index (χ4v) is 1.45. The molecule has 5 heteroatoms. The lowest BCUT2D eigenvalue weighted by molar-refractivity contribution is 0.0956. The maximum Gasteiger partial charge on any atom is 0.253 e. The van der Waals surface area contributed by atoms with Crippen LogP contribution in [0.1, 0.15) is 17.3 Å². The molecule has 0 aliphatic carbocycles. The number of carbonyl (C=O) groups is 1. The Morgan fingerprint density at radius 1 is 1.47 bits per heavy atom. The highest BCUT2D eigenvalue weighted by Gasteiger charge is 2.10. The molecule has 0 saturated heterocycles. The van der Waals surface area contributed by atoms with E-state index in [9.17, 15) is 4.79 Å². The van der Waals surface area contributed by atoms with E-state index in [1.807, 2.05) is 6.92 Å². The first kappa shape index (κ1) is 13.3. The number of anilines is 2. The Morgan fingerprint density at radius 3 is 2.88 bits per heavy atom. The first-order valence-electron chi connectivity index (χ1n) is 5.59. The van der Waals surface area contributed by atoms with E-state index >= 15 is 0 Å². The van der Waals surface area contributed by atoms with E-state index in [1.165, 1.54) is 0 Å². The van der Waals surface area contributed by atoms with Gasteiger partial charge in [0.25, 0.3) is 5.91 Å². The fraction of sp³-hybridized carbons (Fsp3) is 0.417. The number of nitrogens with two attached hydrogens (primary N) is 1. The molecule has 1 amide bonds. The predicted octanol–water partition coefficient (Wildman–Crippen LogP) is 1.08. The van der Waals surface area contributed by atoms with Gasteiger partial charge >= 0.3 is 0 Å². The lowest BCUT2D eigenvalue weighted by atomic mass is 10.1. The van der Waals surface area contributed by atoms with Crippen LogP contribution in [0.5, 0.6) is 0 Å². The summed E-state index contributed by atoms with van der Waals surface area (Å²) < 4.78 is 4.95. The maximum absolute atomic E-state index is 11.8. The van der Waals surface area contributed by atoms with Gasteiger partial charge in [0, 0.05) is 31.6 Å². The summed E-state index contributed by atoms with van der Waals surface area (Å²) in [5, 5.41) is 5.89. The molecule has 0 radical (unpaired) electrons. The summed E-state index contributed by atoms with van der Waals surface area (Å²) in [4.78, 5) is 11.8. The summed E-state index contributed by atoms with van der Waals surface area (Å²) in [6.45, 7) is 3.68. The molecule has 5 nitrogen and oxygen atoms in total.